The first-order valence-electron chi connectivity index (χ1n) is 6.65. The minimum Gasteiger partial charge on any atom is -0.427 e. The van der Waals surface area contributed by atoms with Crippen LogP contribution in [0.15, 0.2) is 18.2 Å². The van der Waals surface area contributed by atoms with Crippen LogP contribution in [0.2, 0.25) is 0 Å². The lowest BCUT2D eigenvalue weighted by Gasteiger charge is -2.22. The summed E-state index contributed by atoms with van der Waals surface area (Å²) in [6.07, 6.45) is 0.537. The third-order valence-corrected chi connectivity index (χ3v) is 3.18. The van der Waals surface area contributed by atoms with Crippen LogP contribution in [0.4, 0.5) is 20.2 Å². The van der Waals surface area contributed by atoms with Gasteiger partial charge in [0.25, 0.3) is 0 Å². The van der Waals surface area contributed by atoms with Crippen molar-refractivity contribution in [3.05, 3.63) is 28.3 Å². The highest BCUT2D eigenvalue weighted by molar-refractivity contribution is 5.58. The van der Waals surface area contributed by atoms with Crippen LogP contribution in [0.3, 0.4) is 0 Å². The highest BCUT2D eigenvalue weighted by Gasteiger charge is 2.30. The van der Waals surface area contributed by atoms with Gasteiger partial charge in [-0.1, -0.05) is 0 Å². The van der Waals surface area contributed by atoms with Crippen molar-refractivity contribution in [2.75, 3.05) is 25.1 Å². The molecule has 1 aromatic rings. The molecule has 0 aliphatic carbocycles. The fourth-order valence-corrected chi connectivity index (χ4v) is 2.10. The van der Waals surface area contributed by atoms with E-state index in [9.17, 15) is 18.9 Å². The summed E-state index contributed by atoms with van der Waals surface area (Å²) < 4.78 is 39.7. The zero-order chi connectivity index (χ0) is 16.2. The van der Waals surface area contributed by atoms with Gasteiger partial charge in [-0.15, -0.1) is 0 Å². The SMILES string of the molecule is CC1(CCNc2ccc([N+](=O)[O-])c(OC(F)F)c2)OCCO1. The second kappa shape index (κ2) is 6.84. The summed E-state index contributed by atoms with van der Waals surface area (Å²) in [5.74, 6) is -1.15. The maximum atomic E-state index is 12.3. The summed E-state index contributed by atoms with van der Waals surface area (Å²) >= 11 is 0. The molecule has 1 aliphatic heterocycles. The van der Waals surface area contributed by atoms with E-state index >= 15 is 0 Å². The summed E-state index contributed by atoms with van der Waals surface area (Å²) in [6, 6.07) is 3.71. The first-order valence-corrected chi connectivity index (χ1v) is 6.65. The number of halogens is 2. The predicted molar refractivity (Wildman–Crippen MR) is 73.1 cm³/mol. The zero-order valence-electron chi connectivity index (χ0n) is 11.9. The molecule has 1 aliphatic rings. The summed E-state index contributed by atoms with van der Waals surface area (Å²) in [4.78, 5) is 10.00. The molecule has 0 atom stereocenters. The van der Waals surface area contributed by atoms with Crippen LogP contribution in [-0.4, -0.2) is 37.1 Å². The minimum atomic E-state index is -3.13. The third kappa shape index (κ3) is 4.25. The van der Waals surface area contributed by atoms with Crippen molar-refractivity contribution in [1.29, 1.82) is 0 Å². The van der Waals surface area contributed by atoms with Crippen molar-refractivity contribution in [3.8, 4) is 5.75 Å². The molecule has 122 valence electrons. The largest absolute Gasteiger partial charge is 0.427 e. The van der Waals surface area contributed by atoms with E-state index in [1.807, 2.05) is 6.92 Å². The van der Waals surface area contributed by atoms with Gasteiger partial charge in [-0.05, 0) is 13.0 Å². The Morgan fingerprint density at radius 1 is 1.45 bits per heavy atom. The van der Waals surface area contributed by atoms with Crippen LogP contribution < -0.4 is 10.1 Å². The van der Waals surface area contributed by atoms with Crippen LogP contribution in [0.1, 0.15) is 13.3 Å². The summed E-state index contributed by atoms with van der Waals surface area (Å²) in [5.41, 5.74) is -0.0804. The predicted octanol–water partition coefficient (Wildman–Crippen LogP) is 2.76. The molecule has 1 fully saturated rings. The molecule has 2 rings (SSSR count). The fourth-order valence-electron chi connectivity index (χ4n) is 2.10. The Labute approximate surface area is 125 Å². The Bertz CT molecular complexity index is 535. The molecule has 1 heterocycles. The van der Waals surface area contributed by atoms with Crippen molar-refractivity contribution in [3.63, 3.8) is 0 Å². The van der Waals surface area contributed by atoms with Crippen LogP contribution in [0.5, 0.6) is 5.75 Å². The Morgan fingerprint density at radius 3 is 2.73 bits per heavy atom. The van der Waals surface area contributed by atoms with Crippen LogP contribution in [0.25, 0.3) is 0 Å². The van der Waals surface area contributed by atoms with E-state index in [0.29, 0.717) is 31.9 Å². The topological polar surface area (TPSA) is 82.9 Å². The Balaban J connectivity index is 2.00. The van der Waals surface area contributed by atoms with E-state index in [4.69, 9.17) is 9.47 Å². The first-order chi connectivity index (χ1) is 10.4. The van der Waals surface area contributed by atoms with Crippen molar-refractivity contribution >= 4 is 11.4 Å². The quantitative estimate of drug-likeness (QED) is 0.615. The van der Waals surface area contributed by atoms with Gasteiger partial charge in [-0.2, -0.15) is 8.78 Å². The van der Waals surface area contributed by atoms with E-state index in [-0.39, 0.29) is 0 Å². The maximum absolute atomic E-state index is 12.3. The zero-order valence-corrected chi connectivity index (χ0v) is 11.9. The smallest absolute Gasteiger partial charge is 0.387 e. The van der Waals surface area contributed by atoms with Crippen LogP contribution in [-0.2, 0) is 9.47 Å². The number of hydrogen-bond donors (Lipinski definition) is 1. The molecule has 0 radical (unpaired) electrons. The maximum Gasteiger partial charge on any atom is 0.387 e. The lowest BCUT2D eigenvalue weighted by Crippen LogP contribution is -2.28. The van der Waals surface area contributed by atoms with Gasteiger partial charge < -0.3 is 19.5 Å². The third-order valence-electron chi connectivity index (χ3n) is 3.18. The van der Waals surface area contributed by atoms with E-state index < -0.39 is 28.8 Å². The van der Waals surface area contributed by atoms with Gasteiger partial charge >= 0.3 is 12.3 Å². The van der Waals surface area contributed by atoms with Gasteiger partial charge in [0.15, 0.2) is 5.79 Å². The Morgan fingerprint density at radius 2 is 2.14 bits per heavy atom. The number of nitrogens with zero attached hydrogens (tertiary/aromatic N) is 1. The van der Waals surface area contributed by atoms with Crippen molar-refractivity contribution in [2.24, 2.45) is 0 Å². The average molecular weight is 318 g/mol. The first kappa shape index (κ1) is 16.4. The monoisotopic (exact) mass is 318 g/mol. The molecule has 0 saturated carbocycles. The lowest BCUT2D eigenvalue weighted by atomic mass is 10.2. The van der Waals surface area contributed by atoms with Crippen molar-refractivity contribution in [2.45, 2.75) is 25.7 Å². The molecule has 0 amide bonds. The summed E-state index contributed by atoms with van der Waals surface area (Å²) in [6.45, 7) is 0.180. The van der Waals surface area contributed by atoms with Gasteiger partial charge in [0, 0.05) is 30.8 Å². The Hall–Kier alpha value is -2.00. The molecule has 1 N–H and O–H groups in total. The van der Waals surface area contributed by atoms with Crippen LogP contribution in [0, 0.1) is 10.1 Å². The number of nitro benzene ring substituents is 1. The number of nitrogens with one attached hydrogen (secondary N) is 1. The molecule has 0 unspecified atom stereocenters. The molecule has 1 aromatic carbocycles. The molecular weight excluding hydrogens is 302 g/mol. The molecule has 7 nitrogen and oxygen atoms in total. The molecule has 0 spiro atoms. The number of ether oxygens (including phenoxy) is 3. The van der Waals surface area contributed by atoms with Crippen LogP contribution >= 0.6 is 0 Å². The number of rotatable bonds is 7. The molecule has 1 saturated heterocycles. The normalized spacial score (nSPS) is 16.7. The number of benzene rings is 1. The number of alkyl halides is 2. The van der Waals surface area contributed by atoms with E-state index in [2.05, 4.69) is 10.1 Å². The van der Waals surface area contributed by atoms with Gasteiger partial charge in [-0.3, -0.25) is 10.1 Å². The van der Waals surface area contributed by atoms with Crippen molar-refractivity contribution in [1.82, 2.24) is 0 Å². The highest BCUT2D eigenvalue weighted by Crippen LogP contribution is 2.31. The number of anilines is 1. The molecule has 0 aromatic heterocycles. The number of hydrogen-bond acceptors (Lipinski definition) is 6. The molecule has 9 heteroatoms. The Kier molecular flexibility index (Phi) is 5.09. The second-order valence-corrected chi connectivity index (χ2v) is 4.83. The van der Waals surface area contributed by atoms with Gasteiger partial charge in [0.05, 0.1) is 18.1 Å². The lowest BCUT2D eigenvalue weighted by molar-refractivity contribution is -0.386. The minimum absolute atomic E-state index is 0.433. The standard InChI is InChI=1S/C13H16F2N2O5/c1-13(20-6-7-21-13)4-5-16-9-2-3-10(17(18)19)11(8-9)22-12(14)15/h2-3,8,12,16H,4-7H2,1H3. The highest BCUT2D eigenvalue weighted by atomic mass is 19.3. The van der Waals surface area contributed by atoms with E-state index in [1.54, 1.807) is 0 Å². The summed E-state index contributed by atoms with van der Waals surface area (Å²) in [7, 11) is 0. The fraction of sp³-hybridized carbons (Fsp3) is 0.538. The molecular formula is C13H16F2N2O5. The van der Waals surface area contributed by atoms with E-state index in [0.717, 1.165) is 6.07 Å². The van der Waals surface area contributed by atoms with Gasteiger partial charge in [0.1, 0.15) is 0 Å². The average Bonchev–Trinajstić information content (AvgIpc) is 2.85. The number of nitro groups is 1. The van der Waals surface area contributed by atoms with Gasteiger partial charge in [0.2, 0.25) is 5.75 Å². The van der Waals surface area contributed by atoms with Crippen molar-refractivity contribution < 1.29 is 27.9 Å². The molecule has 0 bridgehead atoms. The second-order valence-electron chi connectivity index (χ2n) is 4.83. The summed E-state index contributed by atoms with van der Waals surface area (Å²) in [5, 5.41) is 13.7. The molecule has 22 heavy (non-hydrogen) atoms. The van der Waals surface area contributed by atoms with Gasteiger partial charge in [-0.25, -0.2) is 0 Å². The van der Waals surface area contributed by atoms with E-state index in [1.165, 1.54) is 12.1 Å².